The smallest absolute Gasteiger partial charge is 0.264 e. The van der Waals surface area contributed by atoms with Gasteiger partial charge in [0.25, 0.3) is 5.91 Å². The van der Waals surface area contributed by atoms with Crippen molar-refractivity contribution < 1.29 is 4.79 Å². The zero-order chi connectivity index (χ0) is 12.5. The molecule has 1 saturated heterocycles. The minimum atomic E-state index is 0.233. The van der Waals surface area contributed by atoms with Gasteiger partial charge in [-0.15, -0.1) is 24.0 Å². The minimum Gasteiger partial charge on any atom is -0.335 e. The van der Waals surface area contributed by atoms with E-state index in [4.69, 9.17) is 0 Å². The molecule has 2 atom stereocenters. The number of rotatable bonds is 1. The van der Waals surface area contributed by atoms with E-state index in [9.17, 15) is 4.79 Å². The molecule has 1 aliphatic heterocycles. The van der Waals surface area contributed by atoms with Crippen LogP contribution in [0.15, 0.2) is 16.3 Å². The van der Waals surface area contributed by atoms with Crippen LogP contribution in [-0.2, 0) is 0 Å². The summed E-state index contributed by atoms with van der Waals surface area (Å²) < 4.78 is 0. The molecule has 2 heterocycles. The lowest BCUT2D eigenvalue weighted by Gasteiger charge is -2.44. The van der Waals surface area contributed by atoms with E-state index in [1.54, 1.807) is 0 Å². The number of fused-ring (bicyclic) bond motifs is 1. The molecule has 2 aliphatic rings. The predicted octanol–water partition coefficient (Wildman–Crippen LogP) is 3.83. The Morgan fingerprint density at radius 2 is 2.06 bits per heavy atom. The van der Waals surface area contributed by atoms with E-state index in [1.807, 2.05) is 11.4 Å². The van der Waals surface area contributed by atoms with Gasteiger partial charge in [0.1, 0.15) is 0 Å². The minimum absolute atomic E-state index is 0.233. The van der Waals surface area contributed by atoms with Crippen LogP contribution in [0.25, 0.3) is 0 Å². The van der Waals surface area contributed by atoms with Crippen molar-refractivity contribution in [2.75, 3.05) is 6.54 Å². The first-order valence-corrected chi connectivity index (χ1v) is 8.17. The van der Waals surface area contributed by atoms with Gasteiger partial charge in [-0.2, -0.15) is 0 Å². The van der Waals surface area contributed by atoms with E-state index in [-0.39, 0.29) is 5.91 Å². The van der Waals surface area contributed by atoms with Crippen LogP contribution in [0.3, 0.4) is 0 Å². The molecule has 1 aromatic heterocycles. The van der Waals surface area contributed by atoms with Gasteiger partial charge in [-0.1, -0.05) is 12.8 Å². The number of piperidine rings is 1. The molecule has 1 aliphatic carbocycles. The molecular formula is C14H19NOS2. The van der Waals surface area contributed by atoms with Gasteiger partial charge >= 0.3 is 0 Å². The van der Waals surface area contributed by atoms with E-state index in [0.717, 1.165) is 22.2 Å². The number of amides is 1. The topological polar surface area (TPSA) is 20.3 Å². The van der Waals surface area contributed by atoms with Gasteiger partial charge in [0.2, 0.25) is 0 Å². The van der Waals surface area contributed by atoms with Gasteiger partial charge < -0.3 is 4.90 Å². The summed E-state index contributed by atoms with van der Waals surface area (Å²) in [7, 11) is 0. The molecule has 1 aromatic rings. The summed E-state index contributed by atoms with van der Waals surface area (Å²) in [6.45, 7) is 0.944. The van der Waals surface area contributed by atoms with Crippen LogP contribution in [0, 0.1) is 5.92 Å². The zero-order valence-electron chi connectivity index (χ0n) is 10.5. The number of carbonyl (C=O) groups excluding carboxylic acids is 1. The average Bonchev–Trinajstić information content (AvgIpc) is 2.84. The second-order valence-corrected chi connectivity index (χ2v) is 6.85. The van der Waals surface area contributed by atoms with E-state index in [1.165, 1.54) is 49.9 Å². The lowest BCUT2D eigenvalue weighted by Crippen LogP contribution is -2.49. The summed E-state index contributed by atoms with van der Waals surface area (Å²) >= 11 is 5.82. The Bertz CT molecular complexity index is 441. The Labute approximate surface area is 118 Å². The number of thiophene rings is 1. The van der Waals surface area contributed by atoms with Crippen LogP contribution in [0.5, 0.6) is 0 Å². The fourth-order valence-electron chi connectivity index (χ4n) is 3.46. The Balaban J connectivity index is 1.79. The highest BCUT2D eigenvalue weighted by molar-refractivity contribution is 7.80. The van der Waals surface area contributed by atoms with Crippen LogP contribution < -0.4 is 0 Å². The van der Waals surface area contributed by atoms with E-state index in [0.29, 0.717) is 6.04 Å². The van der Waals surface area contributed by atoms with Crippen molar-refractivity contribution >= 4 is 29.9 Å². The van der Waals surface area contributed by atoms with E-state index in [2.05, 4.69) is 17.5 Å². The lowest BCUT2D eigenvalue weighted by molar-refractivity contribution is 0.0395. The molecule has 4 heteroatoms. The molecule has 0 unspecified atom stereocenters. The first-order chi connectivity index (χ1) is 8.75. The normalized spacial score (nSPS) is 27.9. The summed E-state index contributed by atoms with van der Waals surface area (Å²) in [5, 5.41) is 1.94. The van der Waals surface area contributed by atoms with Crippen molar-refractivity contribution in [3.8, 4) is 0 Å². The molecular weight excluding hydrogens is 262 g/mol. The summed E-state index contributed by atoms with van der Waals surface area (Å²) in [6.07, 6.45) is 7.64. The second kappa shape index (κ2) is 5.25. The molecule has 0 spiro atoms. The van der Waals surface area contributed by atoms with Crippen LogP contribution >= 0.6 is 24.0 Å². The Morgan fingerprint density at radius 1 is 1.28 bits per heavy atom. The summed E-state index contributed by atoms with van der Waals surface area (Å²) in [5.74, 6) is 0.990. The monoisotopic (exact) mass is 281 g/mol. The summed E-state index contributed by atoms with van der Waals surface area (Å²) in [6, 6.07) is 2.41. The highest BCUT2D eigenvalue weighted by Gasteiger charge is 2.36. The maximum Gasteiger partial charge on any atom is 0.264 e. The number of carbonyl (C=O) groups is 1. The maximum atomic E-state index is 12.6. The molecule has 2 nitrogen and oxygen atoms in total. The Kier molecular flexibility index (Phi) is 3.66. The van der Waals surface area contributed by atoms with Gasteiger partial charge in [0, 0.05) is 22.9 Å². The van der Waals surface area contributed by atoms with Gasteiger partial charge in [0.05, 0.1) is 4.88 Å². The summed E-state index contributed by atoms with van der Waals surface area (Å²) in [5.41, 5.74) is 0. The molecule has 0 aromatic carbocycles. The highest BCUT2D eigenvalue weighted by Crippen LogP contribution is 2.36. The molecule has 1 saturated carbocycles. The predicted molar refractivity (Wildman–Crippen MR) is 77.6 cm³/mol. The van der Waals surface area contributed by atoms with Crippen molar-refractivity contribution in [2.45, 2.75) is 49.5 Å². The van der Waals surface area contributed by atoms with Gasteiger partial charge in [-0.25, -0.2) is 0 Å². The fourth-order valence-corrected chi connectivity index (χ4v) is 4.56. The number of likely N-dealkylation sites (tertiary alicyclic amines) is 1. The largest absolute Gasteiger partial charge is 0.335 e. The van der Waals surface area contributed by atoms with Crippen molar-refractivity contribution in [1.29, 1.82) is 0 Å². The molecule has 18 heavy (non-hydrogen) atoms. The van der Waals surface area contributed by atoms with Crippen molar-refractivity contribution in [3.63, 3.8) is 0 Å². The van der Waals surface area contributed by atoms with Crippen molar-refractivity contribution in [2.24, 2.45) is 5.92 Å². The molecule has 98 valence electrons. The van der Waals surface area contributed by atoms with Gasteiger partial charge in [-0.05, 0) is 37.7 Å². The first kappa shape index (κ1) is 12.5. The molecule has 2 fully saturated rings. The number of hydrogen-bond donors (Lipinski definition) is 1. The molecule has 0 radical (unpaired) electrons. The quantitative estimate of drug-likeness (QED) is 0.776. The molecule has 3 rings (SSSR count). The second-order valence-electron chi connectivity index (χ2n) is 5.42. The van der Waals surface area contributed by atoms with E-state index < -0.39 is 0 Å². The number of nitrogens with zero attached hydrogens (tertiary/aromatic N) is 1. The van der Waals surface area contributed by atoms with Crippen LogP contribution in [-0.4, -0.2) is 23.4 Å². The van der Waals surface area contributed by atoms with Crippen LogP contribution in [0.2, 0.25) is 0 Å². The third-order valence-corrected chi connectivity index (χ3v) is 5.65. The average molecular weight is 281 g/mol. The SMILES string of the molecule is O=C(c1cc(S)cs1)N1CCC[C@H]2CCCC[C@H]21. The number of thiol groups is 1. The number of hydrogen-bond acceptors (Lipinski definition) is 3. The third-order valence-electron chi connectivity index (χ3n) is 4.30. The standard InChI is InChI=1S/C14H19NOS2/c16-14(13-8-11(17)9-18-13)15-7-3-5-10-4-1-2-6-12(10)15/h8-10,12,17H,1-7H2/t10-,12-/m1/s1. The third kappa shape index (κ3) is 2.32. The Hall–Kier alpha value is -0.480. The van der Waals surface area contributed by atoms with Crippen LogP contribution in [0.1, 0.15) is 48.2 Å². The van der Waals surface area contributed by atoms with E-state index >= 15 is 0 Å². The van der Waals surface area contributed by atoms with Gasteiger partial charge in [0.15, 0.2) is 0 Å². The van der Waals surface area contributed by atoms with Crippen molar-refractivity contribution in [1.82, 2.24) is 4.90 Å². The molecule has 0 bridgehead atoms. The Morgan fingerprint density at radius 3 is 2.83 bits per heavy atom. The van der Waals surface area contributed by atoms with Crippen LogP contribution in [0.4, 0.5) is 0 Å². The highest BCUT2D eigenvalue weighted by atomic mass is 32.1. The maximum absolute atomic E-state index is 12.6. The first-order valence-electron chi connectivity index (χ1n) is 6.84. The van der Waals surface area contributed by atoms with Crippen molar-refractivity contribution in [3.05, 3.63) is 16.3 Å². The fraction of sp³-hybridized carbons (Fsp3) is 0.643. The lowest BCUT2D eigenvalue weighted by atomic mass is 9.78. The zero-order valence-corrected chi connectivity index (χ0v) is 12.2. The summed E-state index contributed by atoms with van der Waals surface area (Å²) in [4.78, 5) is 16.5. The van der Waals surface area contributed by atoms with Gasteiger partial charge in [-0.3, -0.25) is 4.79 Å². The molecule has 1 amide bonds. The molecule has 0 N–H and O–H groups in total.